The highest BCUT2D eigenvalue weighted by Gasteiger charge is 2.18. The summed E-state index contributed by atoms with van der Waals surface area (Å²) in [6, 6.07) is 25.7. The van der Waals surface area contributed by atoms with Gasteiger partial charge in [-0.2, -0.15) is 0 Å². The zero-order valence-corrected chi connectivity index (χ0v) is 19.5. The molecule has 0 aliphatic rings. The van der Waals surface area contributed by atoms with Crippen LogP contribution in [0.2, 0.25) is 0 Å². The number of hydrogen-bond donors (Lipinski definition) is 0. The van der Waals surface area contributed by atoms with Gasteiger partial charge < -0.3 is 14.5 Å². The molecule has 0 fully saturated rings. The first-order valence-corrected chi connectivity index (χ1v) is 11.5. The van der Waals surface area contributed by atoms with Crippen molar-refractivity contribution in [1.29, 1.82) is 0 Å². The fourth-order valence-corrected chi connectivity index (χ4v) is 3.86. The molecule has 3 aromatic carbocycles. The Labute approximate surface area is 192 Å². The highest BCUT2D eigenvalue weighted by molar-refractivity contribution is 6.06. The van der Waals surface area contributed by atoms with Gasteiger partial charge in [-0.25, -0.2) is 0 Å². The van der Waals surface area contributed by atoms with Crippen LogP contribution in [0.3, 0.4) is 0 Å². The first-order valence-electron chi connectivity index (χ1n) is 11.5. The molecule has 0 atom stereocenters. The maximum atomic E-state index is 13.4. The van der Waals surface area contributed by atoms with Gasteiger partial charge in [0.05, 0.1) is 13.7 Å². The lowest BCUT2D eigenvalue weighted by Crippen LogP contribution is -2.30. The molecule has 0 heterocycles. The summed E-state index contributed by atoms with van der Waals surface area (Å²) in [6.07, 6.45) is 2.18. The fraction of sp³-hybridized carbons (Fsp3) is 0.321. The van der Waals surface area contributed by atoms with E-state index in [0.29, 0.717) is 12.1 Å². The first-order chi connectivity index (χ1) is 15.6. The molecule has 0 aromatic heterocycles. The highest BCUT2D eigenvalue weighted by atomic mass is 16.5. The topological polar surface area (TPSA) is 32.8 Å². The number of rotatable bonds is 11. The van der Waals surface area contributed by atoms with Gasteiger partial charge in [-0.3, -0.25) is 4.79 Å². The van der Waals surface area contributed by atoms with E-state index in [2.05, 4.69) is 43.0 Å². The Hall–Kier alpha value is -3.11. The van der Waals surface area contributed by atoms with Crippen LogP contribution in [-0.4, -0.2) is 37.6 Å². The summed E-state index contributed by atoms with van der Waals surface area (Å²) in [5.41, 5.74) is 3.90. The molecule has 4 nitrogen and oxygen atoms in total. The average Bonchev–Trinajstić information content (AvgIpc) is 2.86. The van der Waals surface area contributed by atoms with E-state index < -0.39 is 0 Å². The summed E-state index contributed by atoms with van der Waals surface area (Å²) in [6.45, 7) is 8.19. The Balaban J connectivity index is 1.78. The van der Waals surface area contributed by atoms with E-state index in [4.69, 9.17) is 4.74 Å². The first kappa shape index (κ1) is 23.6. The molecule has 0 radical (unpaired) electrons. The average molecular weight is 431 g/mol. The lowest BCUT2D eigenvalue weighted by atomic mass is 10.1. The van der Waals surface area contributed by atoms with Gasteiger partial charge in [0.25, 0.3) is 5.91 Å². The van der Waals surface area contributed by atoms with Crippen LogP contribution in [0.15, 0.2) is 78.9 Å². The summed E-state index contributed by atoms with van der Waals surface area (Å²) >= 11 is 0. The molecule has 0 N–H and O–H groups in total. The van der Waals surface area contributed by atoms with Crippen LogP contribution in [-0.2, 0) is 13.0 Å². The second-order valence-corrected chi connectivity index (χ2v) is 7.91. The molecule has 0 aliphatic heterocycles. The molecule has 0 unspecified atom stereocenters. The van der Waals surface area contributed by atoms with Crippen molar-refractivity contribution in [3.05, 3.63) is 95.6 Å². The molecule has 0 spiro atoms. The van der Waals surface area contributed by atoms with Crippen LogP contribution in [0.25, 0.3) is 0 Å². The van der Waals surface area contributed by atoms with Crippen LogP contribution in [0.5, 0.6) is 5.75 Å². The molecule has 3 aromatic rings. The second-order valence-electron chi connectivity index (χ2n) is 7.91. The zero-order valence-electron chi connectivity index (χ0n) is 19.5. The van der Waals surface area contributed by atoms with Gasteiger partial charge in [0, 0.05) is 11.3 Å². The second kappa shape index (κ2) is 12.1. The minimum absolute atomic E-state index is 0.0114. The Bertz CT molecular complexity index is 966. The van der Waals surface area contributed by atoms with Gasteiger partial charge in [-0.05, 0) is 80.0 Å². The Morgan fingerprint density at radius 3 is 2.22 bits per heavy atom. The smallest absolute Gasteiger partial charge is 0.258 e. The molecule has 0 bridgehead atoms. The number of methoxy groups -OCH3 is 1. The van der Waals surface area contributed by atoms with Crippen molar-refractivity contribution >= 4 is 11.6 Å². The fourth-order valence-electron chi connectivity index (χ4n) is 3.86. The number of benzene rings is 3. The van der Waals surface area contributed by atoms with Crippen molar-refractivity contribution in [2.75, 3.05) is 31.6 Å². The summed E-state index contributed by atoms with van der Waals surface area (Å²) in [7, 11) is 1.66. The van der Waals surface area contributed by atoms with Crippen LogP contribution < -0.4 is 9.64 Å². The zero-order chi connectivity index (χ0) is 22.8. The van der Waals surface area contributed by atoms with Crippen molar-refractivity contribution in [3.8, 4) is 5.75 Å². The number of anilines is 1. The maximum Gasteiger partial charge on any atom is 0.258 e. The van der Waals surface area contributed by atoms with Crippen molar-refractivity contribution in [2.45, 2.75) is 33.2 Å². The molecule has 4 heteroatoms. The van der Waals surface area contributed by atoms with Gasteiger partial charge in [0.1, 0.15) is 5.75 Å². The molecular formula is C28H34N2O2. The molecule has 0 saturated heterocycles. The van der Waals surface area contributed by atoms with E-state index in [9.17, 15) is 4.79 Å². The van der Waals surface area contributed by atoms with Crippen LogP contribution >= 0.6 is 0 Å². The third-order valence-corrected chi connectivity index (χ3v) is 5.82. The number of nitrogens with zero attached hydrogens (tertiary/aromatic N) is 2. The molecule has 32 heavy (non-hydrogen) atoms. The number of ether oxygens (including phenoxy) is 1. The van der Waals surface area contributed by atoms with Crippen LogP contribution in [0, 0.1) is 0 Å². The molecule has 168 valence electrons. The largest absolute Gasteiger partial charge is 0.497 e. The lowest BCUT2D eigenvalue weighted by molar-refractivity contribution is 0.0985. The lowest BCUT2D eigenvalue weighted by Gasteiger charge is -2.24. The third-order valence-electron chi connectivity index (χ3n) is 5.82. The minimum Gasteiger partial charge on any atom is -0.497 e. The van der Waals surface area contributed by atoms with E-state index in [-0.39, 0.29) is 5.91 Å². The van der Waals surface area contributed by atoms with E-state index in [1.807, 2.05) is 59.5 Å². The Morgan fingerprint density at radius 1 is 0.844 bits per heavy atom. The Morgan fingerprint density at radius 2 is 1.56 bits per heavy atom. The monoisotopic (exact) mass is 430 g/mol. The van der Waals surface area contributed by atoms with Crippen LogP contribution in [0.1, 0.15) is 41.8 Å². The summed E-state index contributed by atoms with van der Waals surface area (Å²) in [4.78, 5) is 17.7. The SMILES string of the molecule is CCN(CC)CCCc1ccc(N(Cc2cccc(OC)c2)C(=O)c2ccccc2)cc1. The number of hydrogen-bond acceptors (Lipinski definition) is 3. The van der Waals surface area contributed by atoms with E-state index in [1.165, 1.54) is 5.56 Å². The standard InChI is InChI=1S/C28H34N2O2/c1-4-29(5-2)20-10-12-23-16-18-26(19-17-23)30(28(31)25-13-7-6-8-14-25)22-24-11-9-15-27(21-24)32-3/h6-9,11,13-19,21H,4-5,10,12,20,22H2,1-3H3. The number of aryl methyl sites for hydroxylation is 1. The summed E-state index contributed by atoms with van der Waals surface area (Å²) < 4.78 is 5.37. The van der Waals surface area contributed by atoms with Crippen LogP contribution in [0.4, 0.5) is 5.69 Å². The van der Waals surface area contributed by atoms with Gasteiger partial charge in [-0.1, -0.05) is 56.3 Å². The molecule has 0 saturated carbocycles. The molecule has 0 aliphatic carbocycles. The van der Waals surface area contributed by atoms with E-state index in [1.54, 1.807) is 7.11 Å². The van der Waals surface area contributed by atoms with Crippen molar-refractivity contribution in [1.82, 2.24) is 4.90 Å². The predicted octanol–water partition coefficient (Wildman–Crippen LogP) is 5.82. The van der Waals surface area contributed by atoms with Crippen molar-refractivity contribution < 1.29 is 9.53 Å². The maximum absolute atomic E-state index is 13.4. The Kier molecular flexibility index (Phi) is 8.88. The minimum atomic E-state index is -0.0114. The predicted molar refractivity (Wildman–Crippen MR) is 133 cm³/mol. The molecule has 1 amide bonds. The number of amides is 1. The van der Waals surface area contributed by atoms with Gasteiger partial charge in [0.15, 0.2) is 0 Å². The van der Waals surface area contributed by atoms with Gasteiger partial charge >= 0.3 is 0 Å². The number of carbonyl (C=O) groups excluding carboxylic acids is 1. The van der Waals surface area contributed by atoms with Gasteiger partial charge in [0.2, 0.25) is 0 Å². The highest BCUT2D eigenvalue weighted by Crippen LogP contribution is 2.23. The summed E-state index contributed by atoms with van der Waals surface area (Å²) in [5.74, 6) is 0.779. The van der Waals surface area contributed by atoms with Crippen molar-refractivity contribution in [2.24, 2.45) is 0 Å². The number of carbonyl (C=O) groups is 1. The van der Waals surface area contributed by atoms with Crippen molar-refractivity contribution in [3.63, 3.8) is 0 Å². The van der Waals surface area contributed by atoms with E-state index in [0.717, 1.165) is 49.5 Å². The third kappa shape index (κ3) is 6.44. The van der Waals surface area contributed by atoms with E-state index >= 15 is 0 Å². The quantitative estimate of drug-likeness (QED) is 0.384. The normalized spacial score (nSPS) is 10.9. The molecular weight excluding hydrogens is 396 g/mol. The van der Waals surface area contributed by atoms with Gasteiger partial charge in [-0.15, -0.1) is 0 Å². The summed E-state index contributed by atoms with van der Waals surface area (Å²) in [5, 5.41) is 0. The molecule has 3 rings (SSSR count).